The summed E-state index contributed by atoms with van der Waals surface area (Å²) in [7, 11) is 0. The number of rotatable bonds is 40. The fraction of sp³-hybridized carbons (Fsp3) is 0.735. The van der Waals surface area contributed by atoms with Crippen LogP contribution in [0.3, 0.4) is 0 Å². The van der Waals surface area contributed by atoms with Crippen molar-refractivity contribution in [3.63, 3.8) is 0 Å². The lowest BCUT2D eigenvalue weighted by atomic mass is 10.0. The molecule has 0 aromatic rings. The van der Waals surface area contributed by atoms with Gasteiger partial charge in [-0.15, -0.1) is 0 Å². The molecule has 53 heavy (non-hydrogen) atoms. The minimum atomic E-state index is -0.876. The molecule has 0 aliphatic carbocycles. The molecule has 2 unspecified atom stereocenters. The van der Waals surface area contributed by atoms with Crippen molar-refractivity contribution >= 4 is 5.91 Å². The van der Waals surface area contributed by atoms with Gasteiger partial charge in [-0.05, 0) is 70.6 Å². The Labute approximate surface area is 329 Å². The molecule has 0 rings (SSSR count). The lowest BCUT2D eigenvalue weighted by Crippen LogP contribution is -2.45. The Morgan fingerprint density at radius 1 is 0.472 bits per heavy atom. The van der Waals surface area contributed by atoms with Crippen molar-refractivity contribution in [3.05, 3.63) is 72.9 Å². The largest absolute Gasteiger partial charge is 0.394 e. The molecule has 0 fully saturated rings. The van der Waals surface area contributed by atoms with Crippen LogP contribution in [0.2, 0.25) is 0 Å². The minimum Gasteiger partial charge on any atom is -0.394 e. The second-order valence-corrected chi connectivity index (χ2v) is 15.1. The summed E-state index contributed by atoms with van der Waals surface area (Å²) in [6.45, 7) is 4.17. The van der Waals surface area contributed by atoms with Crippen LogP contribution < -0.4 is 5.32 Å². The first kappa shape index (κ1) is 50.8. The molecule has 0 saturated heterocycles. The summed E-state index contributed by atoms with van der Waals surface area (Å²) in [6, 6.07) is -0.656. The summed E-state index contributed by atoms with van der Waals surface area (Å²) in [6.07, 6.45) is 63.1. The fourth-order valence-electron chi connectivity index (χ4n) is 6.48. The molecular weight excluding hydrogens is 651 g/mol. The maximum atomic E-state index is 12.4. The van der Waals surface area contributed by atoms with Crippen LogP contribution in [0, 0.1) is 0 Å². The maximum absolute atomic E-state index is 12.4. The Hall–Kier alpha value is -2.17. The first-order chi connectivity index (χ1) is 26.2. The zero-order valence-corrected chi connectivity index (χ0v) is 35.0. The second-order valence-electron chi connectivity index (χ2n) is 15.1. The zero-order chi connectivity index (χ0) is 38.6. The number of amides is 1. The molecule has 4 heteroatoms. The third kappa shape index (κ3) is 40.8. The van der Waals surface area contributed by atoms with E-state index < -0.39 is 12.1 Å². The van der Waals surface area contributed by atoms with Gasteiger partial charge >= 0.3 is 0 Å². The van der Waals surface area contributed by atoms with Gasteiger partial charge in [0.15, 0.2) is 0 Å². The van der Waals surface area contributed by atoms with Crippen LogP contribution in [0.5, 0.6) is 0 Å². The van der Waals surface area contributed by atoms with Crippen LogP contribution in [-0.2, 0) is 4.79 Å². The van der Waals surface area contributed by atoms with E-state index in [-0.39, 0.29) is 12.5 Å². The highest BCUT2D eigenvalue weighted by Crippen LogP contribution is 2.15. The van der Waals surface area contributed by atoms with Crippen molar-refractivity contribution in [1.82, 2.24) is 5.32 Å². The van der Waals surface area contributed by atoms with E-state index in [4.69, 9.17) is 0 Å². The quantitative estimate of drug-likeness (QED) is 0.0433. The predicted molar refractivity (Wildman–Crippen MR) is 234 cm³/mol. The number of aliphatic hydroxyl groups excluding tert-OH is 2. The van der Waals surface area contributed by atoms with Crippen LogP contribution >= 0.6 is 0 Å². The van der Waals surface area contributed by atoms with Crippen molar-refractivity contribution in [2.45, 2.75) is 225 Å². The molecule has 1 amide bonds. The topological polar surface area (TPSA) is 69.6 Å². The fourth-order valence-corrected chi connectivity index (χ4v) is 6.48. The van der Waals surface area contributed by atoms with Crippen molar-refractivity contribution in [2.75, 3.05) is 6.61 Å². The standard InChI is InChI=1S/C49H87NO3/c1-3-5-7-9-11-13-15-17-19-21-22-23-24-25-26-27-29-30-32-34-36-38-40-42-44-48(52)47(46-51)50-49(53)45-43-41-39-37-35-33-31-28-20-18-16-14-12-10-8-6-4-2/h6,8,12,14,18,20,31,33-34,36,42,44,47-48,51-52H,3-5,7,9-11,13,15-17,19,21-30,32,35,37-41,43,45-46H2,1-2H3,(H,50,53)/b8-6-,14-12-,20-18-,33-31-,36-34+,44-42+. The molecule has 2 atom stereocenters. The van der Waals surface area contributed by atoms with Gasteiger partial charge in [0.2, 0.25) is 5.91 Å². The number of carbonyl (C=O) groups excluding carboxylic acids is 1. The van der Waals surface area contributed by atoms with Gasteiger partial charge in [-0.1, -0.05) is 209 Å². The van der Waals surface area contributed by atoms with Crippen LogP contribution in [0.4, 0.5) is 0 Å². The second kappa shape index (κ2) is 44.2. The molecule has 0 saturated carbocycles. The number of carbonyl (C=O) groups is 1. The Morgan fingerprint density at radius 3 is 1.32 bits per heavy atom. The first-order valence-corrected chi connectivity index (χ1v) is 22.7. The van der Waals surface area contributed by atoms with Crippen LogP contribution in [-0.4, -0.2) is 34.9 Å². The highest BCUT2D eigenvalue weighted by Gasteiger charge is 2.17. The number of hydrogen-bond donors (Lipinski definition) is 3. The lowest BCUT2D eigenvalue weighted by Gasteiger charge is -2.19. The number of allylic oxidation sites excluding steroid dienone is 11. The molecule has 0 radical (unpaired) electrons. The molecule has 306 valence electrons. The van der Waals surface area contributed by atoms with E-state index in [1.165, 1.54) is 116 Å². The first-order valence-electron chi connectivity index (χ1n) is 22.7. The molecule has 0 bridgehead atoms. The van der Waals surface area contributed by atoms with Crippen LogP contribution in [0.15, 0.2) is 72.9 Å². The van der Waals surface area contributed by atoms with Gasteiger partial charge in [-0.2, -0.15) is 0 Å². The van der Waals surface area contributed by atoms with Gasteiger partial charge in [0, 0.05) is 6.42 Å². The van der Waals surface area contributed by atoms with Crippen molar-refractivity contribution < 1.29 is 15.0 Å². The predicted octanol–water partition coefficient (Wildman–Crippen LogP) is 14.3. The van der Waals surface area contributed by atoms with E-state index in [2.05, 4.69) is 79.9 Å². The Kier molecular flexibility index (Phi) is 42.4. The molecule has 4 nitrogen and oxygen atoms in total. The van der Waals surface area contributed by atoms with E-state index in [9.17, 15) is 15.0 Å². The molecule has 3 N–H and O–H groups in total. The Morgan fingerprint density at radius 2 is 0.849 bits per heavy atom. The van der Waals surface area contributed by atoms with Gasteiger partial charge in [-0.3, -0.25) is 4.79 Å². The van der Waals surface area contributed by atoms with Crippen molar-refractivity contribution in [1.29, 1.82) is 0 Å². The van der Waals surface area contributed by atoms with Crippen LogP contribution in [0.25, 0.3) is 0 Å². The van der Waals surface area contributed by atoms with Gasteiger partial charge in [0.1, 0.15) is 0 Å². The molecular formula is C49H87NO3. The molecule has 0 spiro atoms. The number of nitrogens with one attached hydrogen (secondary N) is 1. The number of aliphatic hydroxyl groups is 2. The third-order valence-corrected chi connectivity index (χ3v) is 9.92. The maximum Gasteiger partial charge on any atom is 0.220 e. The van der Waals surface area contributed by atoms with E-state index in [1.807, 2.05) is 6.08 Å². The average molecular weight is 738 g/mol. The monoisotopic (exact) mass is 738 g/mol. The molecule has 0 aromatic heterocycles. The number of hydrogen-bond acceptors (Lipinski definition) is 3. The van der Waals surface area contributed by atoms with E-state index in [0.717, 1.165) is 77.0 Å². The highest BCUT2D eigenvalue weighted by molar-refractivity contribution is 5.76. The van der Waals surface area contributed by atoms with Gasteiger partial charge in [0.05, 0.1) is 18.8 Å². The number of unbranched alkanes of at least 4 members (excludes halogenated alkanes) is 23. The summed E-state index contributed by atoms with van der Waals surface area (Å²) in [4.78, 5) is 12.4. The summed E-state index contributed by atoms with van der Waals surface area (Å²) < 4.78 is 0. The molecule has 0 aliphatic heterocycles. The average Bonchev–Trinajstić information content (AvgIpc) is 3.16. The van der Waals surface area contributed by atoms with Gasteiger partial charge in [0.25, 0.3) is 0 Å². The van der Waals surface area contributed by atoms with E-state index in [1.54, 1.807) is 6.08 Å². The minimum absolute atomic E-state index is 0.0991. The summed E-state index contributed by atoms with van der Waals surface area (Å²) in [5.74, 6) is -0.0991. The highest BCUT2D eigenvalue weighted by atomic mass is 16.3. The normalized spacial score (nSPS) is 13.7. The van der Waals surface area contributed by atoms with Crippen LogP contribution in [0.1, 0.15) is 213 Å². The zero-order valence-electron chi connectivity index (χ0n) is 35.0. The Bertz CT molecular complexity index is 930. The van der Waals surface area contributed by atoms with Crippen molar-refractivity contribution in [3.8, 4) is 0 Å². The SMILES string of the molecule is CC/C=C\C/C=C\C/C=C\C/C=C\CCCCCCC(=O)NC(CO)C(O)/C=C/CC/C=C/CCCCCCCCCCCCCCCCCCCC. The van der Waals surface area contributed by atoms with Gasteiger partial charge < -0.3 is 15.5 Å². The smallest absolute Gasteiger partial charge is 0.220 e. The van der Waals surface area contributed by atoms with E-state index in [0.29, 0.717) is 6.42 Å². The van der Waals surface area contributed by atoms with Gasteiger partial charge in [-0.25, -0.2) is 0 Å². The summed E-state index contributed by atoms with van der Waals surface area (Å²) >= 11 is 0. The van der Waals surface area contributed by atoms with Crippen molar-refractivity contribution in [2.24, 2.45) is 0 Å². The van der Waals surface area contributed by atoms with E-state index >= 15 is 0 Å². The Balaban J connectivity index is 3.65. The molecule has 0 aromatic carbocycles. The third-order valence-electron chi connectivity index (χ3n) is 9.92. The molecule has 0 aliphatic rings. The molecule has 0 heterocycles. The lowest BCUT2D eigenvalue weighted by molar-refractivity contribution is -0.123. The summed E-state index contributed by atoms with van der Waals surface area (Å²) in [5, 5.41) is 23.0. The summed E-state index contributed by atoms with van der Waals surface area (Å²) in [5.41, 5.74) is 0.